The molecule has 0 radical (unpaired) electrons. The van der Waals surface area contributed by atoms with Gasteiger partial charge in [-0.05, 0) is 74.4 Å². The molecule has 0 fully saturated rings. The number of aryl methyl sites for hydroxylation is 2. The van der Waals surface area contributed by atoms with Crippen LogP contribution in [0.3, 0.4) is 0 Å². The van der Waals surface area contributed by atoms with Crippen LogP contribution in [0.4, 0.5) is 13.2 Å². The summed E-state index contributed by atoms with van der Waals surface area (Å²) in [6, 6.07) is 7.86. The molecular weight excluding hydrogens is 427 g/mol. The third-order valence-corrected chi connectivity index (χ3v) is 6.24. The molecule has 1 amide bonds. The number of carbonyl (C=O) groups is 1. The highest BCUT2D eigenvalue weighted by molar-refractivity contribution is 8.27. The number of nitrogens with zero attached hydrogens (tertiary/aromatic N) is 4. The van der Waals surface area contributed by atoms with E-state index in [9.17, 15) is 18.0 Å². The molecule has 2 aliphatic heterocycles. The molecule has 1 N–H and O–H groups in total. The van der Waals surface area contributed by atoms with Crippen LogP contribution in [0.5, 0.6) is 0 Å². The Morgan fingerprint density at radius 1 is 1.16 bits per heavy atom. The first-order valence-electron chi connectivity index (χ1n) is 9.32. The van der Waals surface area contributed by atoms with Gasteiger partial charge in [-0.15, -0.1) is 0 Å². The van der Waals surface area contributed by atoms with Crippen LogP contribution in [0.1, 0.15) is 28.1 Å². The van der Waals surface area contributed by atoms with Crippen molar-refractivity contribution in [2.24, 2.45) is 10.1 Å². The van der Waals surface area contributed by atoms with Gasteiger partial charge in [0.25, 0.3) is 5.91 Å². The predicted octanol–water partition coefficient (Wildman–Crippen LogP) is 4.89. The van der Waals surface area contributed by atoms with Crippen LogP contribution in [0, 0.1) is 33.1 Å². The average Bonchev–Trinajstić information content (AvgIpc) is 3.23. The molecule has 10 heteroatoms. The molecular formula is C21H18F3N5OS. The number of aliphatic imine (C=N–C) groups is 1. The topological polar surface area (TPSA) is 73.8 Å². The van der Waals surface area contributed by atoms with Crippen molar-refractivity contribution in [3.63, 3.8) is 0 Å². The highest BCUT2D eigenvalue weighted by Crippen LogP contribution is 2.35. The van der Waals surface area contributed by atoms with Gasteiger partial charge in [-0.3, -0.25) is 10.2 Å². The van der Waals surface area contributed by atoms with E-state index >= 15 is 0 Å². The summed E-state index contributed by atoms with van der Waals surface area (Å²) in [6.45, 7) is 7.87. The van der Waals surface area contributed by atoms with Gasteiger partial charge in [0, 0.05) is 17.1 Å². The monoisotopic (exact) mass is 445 g/mol. The summed E-state index contributed by atoms with van der Waals surface area (Å²) in [4.78, 5) is 16.2. The van der Waals surface area contributed by atoms with Crippen LogP contribution in [0.2, 0.25) is 0 Å². The van der Waals surface area contributed by atoms with Gasteiger partial charge in [0.2, 0.25) is 10.2 Å². The van der Waals surface area contributed by atoms with Crippen LogP contribution in [-0.2, 0) is 4.79 Å². The fourth-order valence-electron chi connectivity index (χ4n) is 3.54. The highest BCUT2D eigenvalue weighted by atomic mass is 32.2. The largest absolute Gasteiger partial charge is 0.441 e. The summed E-state index contributed by atoms with van der Waals surface area (Å²) in [7, 11) is 0. The number of fused-ring (bicyclic) bond motifs is 1. The number of halogens is 3. The Bertz CT molecular complexity index is 1240. The predicted molar refractivity (Wildman–Crippen MR) is 116 cm³/mol. The number of rotatable bonds is 2. The van der Waals surface area contributed by atoms with E-state index in [1.54, 1.807) is 0 Å². The molecule has 2 aliphatic rings. The van der Waals surface area contributed by atoms with Gasteiger partial charge in [0.15, 0.2) is 5.84 Å². The summed E-state index contributed by atoms with van der Waals surface area (Å²) in [5.41, 5.74) is 5.58. The van der Waals surface area contributed by atoms with Crippen molar-refractivity contribution >= 4 is 39.8 Å². The van der Waals surface area contributed by atoms with E-state index in [0.717, 1.165) is 33.2 Å². The molecule has 0 unspecified atom stereocenters. The number of amides is 1. The SMILES string of the molecule is Cc1cccc(-n2c(C)cc(C=C3C(=N)N4N=C(C(F)(F)F)SC4=NC3=O)c2C)c1C. The first-order chi connectivity index (χ1) is 14.5. The molecule has 0 saturated heterocycles. The Balaban J connectivity index is 1.77. The number of thioether (sulfide) groups is 1. The number of alkyl halides is 3. The molecule has 31 heavy (non-hydrogen) atoms. The second-order valence-corrected chi connectivity index (χ2v) is 8.26. The molecule has 0 atom stereocenters. The van der Waals surface area contributed by atoms with Gasteiger partial charge in [0.1, 0.15) is 0 Å². The van der Waals surface area contributed by atoms with Crippen molar-refractivity contribution in [3.05, 3.63) is 57.9 Å². The van der Waals surface area contributed by atoms with Gasteiger partial charge < -0.3 is 4.57 Å². The number of aromatic nitrogens is 1. The minimum Gasteiger partial charge on any atom is -0.318 e. The van der Waals surface area contributed by atoms with Crippen molar-refractivity contribution in [1.82, 2.24) is 9.58 Å². The Morgan fingerprint density at radius 2 is 1.87 bits per heavy atom. The van der Waals surface area contributed by atoms with Crippen LogP contribution in [-0.4, -0.2) is 37.7 Å². The molecule has 0 spiro atoms. The zero-order valence-electron chi connectivity index (χ0n) is 17.1. The fraction of sp³-hybridized carbons (Fsp3) is 0.238. The lowest BCUT2D eigenvalue weighted by Gasteiger charge is -2.20. The van der Waals surface area contributed by atoms with Gasteiger partial charge in [-0.25, -0.2) is 0 Å². The smallest absolute Gasteiger partial charge is 0.318 e. The van der Waals surface area contributed by atoms with Crippen molar-refractivity contribution in [3.8, 4) is 5.69 Å². The van der Waals surface area contributed by atoms with Crippen molar-refractivity contribution in [1.29, 1.82) is 5.41 Å². The minimum atomic E-state index is -4.67. The second kappa shape index (κ2) is 7.23. The van der Waals surface area contributed by atoms with E-state index in [1.807, 2.05) is 56.5 Å². The Morgan fingerprint density at radius 3 is 2.55 bits per heavy atom. The fourth-order valence-corrected chi connectivity index (χ4v) is 4.30. The number of carbonyl (C=O) groups excluding carboxylic acids is 1. The summed E-state index contributed by atoms with van der Waals surface area (Å²) < 4.78 is 41.0. The highest BCUT2D eigenvalue weighted by Gasteiger charge is 2.46. The standard InChI is InChI=1S/C21H18F3N5OS/c1-10-6-5-7-16(12(10)3)28-11(2)8-14(13(28)4)9-15-17(25)29-20(26-18(15)30)31-19(27-29)21(22,23)24/h5-9,25H,1-4H3. The van der Waals surface area contributed by atoms with Crippen molar-refractivity contribution in [2.45, 2.75) is 33.9 Å². The average molecular weight is 445 g/mol. The summed E-state index contributed by atoms with van der Waals surface area (Å²) in [6.07, 6.45) is -3.19. The molecule has 6 nitrogen and oxygen atoms in total. The Labute approximate surface area is 180 Å². The Kier molecular flexibility index (Phi) is 4.92. The molecule has 0 bridgehead atoms. The lowest BCUT2D eigenvalue weighted by Crippen LogP contribution is -2.35. The molecule has 160 valence electrons. The Hall–Kier alpha value is -3.14. The van der Waals surface area contributed by atoms with E-state index < -0.39 is 23.0 Å². The summed E-state index contributed by atoms with van der Waals surface area (Å²) in [5.74, 6) is -1.20. The lowest BCUT2D eigenvalue weighted by molar-refractivity contribution is -0.114. The number of hydrogen-bond donors (Lipinski definition) is 1. The van der Waals surface area contributed by atoms with E-state index in [1.165, 1.54) is 6.08 Å². The lowest BCUT2D eigenvalue weighted by atomic mass is 10.1. The van der Waals surface area contributed by atoms with Crippen LogP contribution in [0.25, 0.3) is 11.8 Å². The van der Waals surface area contributed by atoms with Crippen molar-refractivity contribution < 1.29 is 18.0 Å². The first-order valence-corrected chi connectivity index (χ1v) is 10.1. The quantitative estimate of drug-likeness (QED) is 0.669. The number of benzene rings is 1. The van der Waals surface area contributed by atoms with E-state index in [2.05, 4.69) is 10.1 Å². The van der Waals surface area contributed by atoms with Crippen molar-refractivity contribution in [2.75, 3.05) is 0 Å². The first kappa shape index (κ1) is 21.1. The normalized spacial score (nSPS) is 17.9. The maximum atomic E-state index is 13.0. The number of hydrazone groups is 1. The van der Waals surface area contributed by atoms with E-state index in [-0.39, 0.29) is 22.5 Å². The van der Waals surface area contributed by atoms with Crippen LogP contribution < -0.4 is 0 Å². The van der Waals surface area contributed by atoms with Gasteiger partial charge in [0.05, 0.1) is 5.57 Å². The van der Waals surface area contributed by atoms with Gasteiger partial charge in [-0.2, -0.15) is 28.3 Å². The molecule has 0 saturated carbocycles. The molecule has 3 heterocycles. The molecule has 0 aliphatic carbocycles. The van der Waals surface area contributed by atoms with Crippen LogP contribution >= 0.6 is 11.8 Å². The second-order valence-electron chi connectivity index (χ2n) is 7.30. The van der Waals surface area contributed by atoms with Gasteiger partial charge in [-0.1, -0.05) is 12.1 Å². The summed E-state index contributed by atoms with van der Waals surface area (Å²) >= 11 is 0.235. The molecule has 1 aromatic carbocycles. The third kappa shape index (κ3) is 3.50. The third-order valence-electron chi connectivity index (χ3n) is 5.28. The van der Waals surface area contributed by atoms with Crippen LogP contribution in [0.15, 0.2) is 39.9 Å². The zero-order chi connectivity index (χ0) is 22.7. The maximum absolute atomic E-state index is 13.0. The maximum Gasteiger partial charge on any atom is 0.441 e. The van der Waals surface area contributed by atoms with E-state index in [0.29, 0.717) is 5.56 Å². The number of amidine groups is 2. The molecule has 2 aromatic rings. The summed E-state index contributed by atoms with van der Waals surface area (Å²) in [5, 5.41) is 11.0. The van der Waals surface area contributed by atoms with Gasteiger partial charge >= 0.3 is 6.18 Å². The number of nitrogens with one attached hydrogen (secondary N) is 1. The zero-order valence-corrected chi connectivity index (χ0v) is 17.9. The minimum absolute atomic E-state index is 0.113. The molecule has 4 rings (SSSR count). The number of hydrogen-bond acceptors (Lipinski definition) is 4. The molecule has 1 aromatic heterocycles. The van der Waals surface area contributed by atoms with E-state index in [4.69, 9.17) is 5.41 Å².